The lowest BCUT2D eigenvalue weighted by molar-refractivity contribution is -0.110. The highest BCUT2D eigenvalue weighted by atomic mass is 16.2. The number of carbonyl (C=O) groups excluding carboxylic acids is 1. The van der Waals surface area contributed by atoms with Crippen molar-refractivity contribution in [1.29, 1.82) is 0 Å². The Kier molecular flexibility index (Phi) is 2.94. The number of nitrogens with one attached hydrogen (secondary N) is 1. The highest BCUT2D eigenvalue weighted by Gasteiger charge is 2.23. The molecule has 0 aliphatic carbocycles. The van der Waals surface area contributed by atoms with Gasteiger partial charge in [0, 0.05) is 16.8 Å². The van der Waals surface area contributed by atoms with E-state index in [1.165, 1.54) is 16.7 Å². The predicted octanol–water partition coefficient (Wildman–Crippen LogP) is 4.10. The van der Waals surface area contributed by atoms with E-state index in [0.717, 1.165) is 22.4 Å². The number of aryl methyl sites for hydroxylation is 3. The molecule has 0 atom stereocenters. The van der Waals surface area contributed by atoms with E-state index in [1.807, 2.05) is 30.3 Å². The lowest BCUT2D eigenvalue weighted by Gasteiger charge is -2.08. The molecule has 3 rings (SSSR count). The fourth-order valence-corrected chi connectivity index (χ4v) is 2.85. The van der Waals surface area contributed by atoms with Gasteiger partial charge in [0.05, 0.1) is 0 Å². The van der Waals surface area contributed by atoms with Crippen molar-refractivity contribution in [2.75, 3.05) is 5.32 Å². The van der Waals surface area contributed by atoms with Gasteiger partial charge in [-0.25, -0.2) is 0 Å². The first-order chi connectivity index (χ1) is 9.56. The Bertz CT molecular complexity index is 718. The van der Waals surface area contributed by atoms with Crippen molar-refractivity contribution >= 4 is 23.2 Å². The second-order valence-electron chi connectivity index (χ2n) is 5.37. The van der Waals surface area contributed by atoms with Crippen LogP contribution < -0.4 is 5.32 Å². The van der Waals surface area contributed by atoms with Crippen LogP contribution in [0.4, 0.5) is 5.69 Å². The summed E-state index contributed by atoms with van der Waals surface area (Å²) in [5.41, 5.74) is 7.41. The Balaban J connectivity index is 2.17. The van der Waals surface area contributed by atoms with E-state index in [9.17, 15) is 4.79 Å². The largest absolute Gasteiger partial charge is 0.321 e. The molecule has 0 spiro atoms. The fourth-order valence-electron chi connectivity index (χ4n) is 2.85. The molecule has 100 valence electrons. The molecule has 0 unspecified atom stereocenters. The zero-order valence-corrected chi connectivity index (χ0v) is 11.9. The Labute approximate surface area is 119 Å². The van der Waals surface area contributed by atoms with Crippen LogP contribution >= 0.6 is 0 Å². The second-order valence-corrected chi connectivity index (χ2v) is 5.37. The van der Waals surface area contributed by atoms with Gasteiger partial charge in [0.15, 0.2) is 0 Å². The normalized spacial score (nSPS) is 15.3. The minimum absolute atomic E-state index is 0.0226. The van der Waals surface area contributed by atoms with Crippen molar-refractivity contribution in [1.82, 2.24) is 0 Å². The molecule has 0 fully saturated rings. The molecular formula is C18H17NO. The van der Waals surface area contributed by atoms with Crippen molar-refractivity contribution in [3.63, 3.8) is 0 Å². The smallest absolute Gasteiger partial charge is 0.256 e. The van der Waals surface area contributed by atoms with Gasteiger partial charge in [-0.1, -0.05) is 35.9 Å². The third-order valence-electron chi connectivity index (χ3n) is 3.74. The van der Waals surface area contributed by atoms with E-state index in [1.54, 1.807) is 0 Å². The molecule has 2 aromatic carbocycles. The number of rotatable bonds is 1. The third kappa shape index (κ3) is 2.03. The molecule has 20 heavy (non-hydrogen) atoms. The maximum absolute atomic E-state index is 12.1. The predicted molar refractivity (Wildman–Crippen MR) is 83.6 cm³/mol. The van der Waals surface area contributed by atoms with Gasteiger partial charge in [0.25, 0.3) is 5.91 Å². The standard InChI is InChI=1S/C18H17NO/c1-11-8-12(2)15(13(3)9-11)10-16-14-6-4-5-7-17(14)19-18(16)20/h4-10H,1-3H3,(H,19,20)/b16-10+. The Morgan fingerprint density at radius 2 is 1.65 bits per heavy atom. The summed E-state index contributed by atoms with van der Waals surface area (Å²) < 4.78 is 0. The average molecular weight is 263 g/mol. The molecule has 1 amide bonds. The molecule has 1 heterocycles. The third-order valence-corrected chi connectivity index (χ3v) is 3.74. The van der Waals surface area contributed by atoms with E-state index in [0.29, 0.717) is 0 Å². The minimum atomic E-state index is -0.0226. The summed E-state index contributed by atoms with van der Waals surface area (Å²) >= 11 is 0. The van der Waals surface area contributed by atoms with Gasteiger partial charge in [-0.2, -0.15) is 0 Å². The summed E-state index contributed by atoms with van der Waals surface area (Å²) in [6.45, 7) is 6.27. The van der Waals surface area contributed by atoms with Gasteiger partial charge in [0.1, 0.15) is 0 Å². The van der Waals surface area contributed by atoms with Crippen molar-refractivity contribution in [3.05, 3.63) is 64.2 Å². The molecule has 0 bridgehead atoms. The van der Waals surface area contributed by atoms with Crippen molar-refractivity contribution < 1.29 is 4.79 Å². The van der Waals surface area contributed by atoms with E-state index < -0.39 is 0 Å². The number of fused-ring (bicyclic) bond motifs is 1. The summed E-state index contributed by atoms with van der Waals surface area (Å²) in [5, 5.41) is 2.91. The van der Waals surface area contributed by atoms with Gasteiger partial charge < -0.3 is 5.32 Å². The molecule has 1 aliphatic heterocycles. The van der Waals surface area contributed by atoms with Gasteiger partial charge >= 0.3 is 0 Å². The number of hydrogen-bond acceptors (Lipinski definition) is 1. The zero-order valence-electron chi connectivity index (χ0n) is 11.9. The average Bonchev–Trinajstić information content (AvgIpc) is 2.69. The molecular weight excluding hydrogens is 246 g/mol. The second kappa shape index (κ2) is 4.64. The molecule has 1 N–H and O–H groups in total. The van der Waals surface area contributed by atoms with E-state index in [4.69, 9.17) is 0 Å². The molecule has 2 heteroatoms. The van der Waals surface area contributed by atoms with Crippen molar-refractivity contribution in [2.24, 2.45) is 0 Å². The quantitative estimate of drug-likeness (QED) is 0.771. The van der Waals surface area contributed by atoms with Crippen LogP contribution in [0.15, 0.2) is 36.4 Å². The number of benzene rings is 2. The molecule has 0 saturated heterocycles. The Morgan fingerprint density at radius 3 is 2.35 bits per heavy atom. The van der Waals surface area contributed by atoms with E-state index in [-0.39, 0.29) is 5.91 Å². The number of anilines is 1. The number of carbonyl (C=O) groups is 1. The van der Waals surface area contributed by atoms with Crippen LogP contribution in [0.5, 0.6) is 0 Å². The molecule has 2 nitrogen and oxygen atoms in total. The van der Waals surface area contributed by atoms with Gasteiger partial charge in [-0.15, -0.1) is 0 Å². The first kappa shape index (κ1) is 12.7. The minimum Gasteiger partial charge on any atom is -0.321 e. The van der Waals surface area contributed by atoms with Crippen LogP contribution in [0.3, 0.4) is 0 Å². The fraction of sp³-hybridized carbons (Fsp3) is 0.167. The van der Waals surface area contributed by atoms with Gasteiger partial charge in [0.2, 0.25) is 0 Å². The molecule has 0 saturated carbocycles. The number of para-hydroxylation sites is 1. The first-order valence-electron chi connectivity index (χ1n) is 6.76. The van der Waals surface area contributed by atoms with Crippen LogP contribution in [0.1, 0.15) is 27.8 Å². The number of amides is 1. The van der Waals surface area contributed by atoms with Crippen LogP contribution in [0.2, 0.25) is 0 Å². The topological polar surface area (TPSA) is 29.1 Å². The maximum Gasteiger partial charge on any atom is 0.256 e. The van der Waals surface area contributed by atoms with Crippen LogP contribution in [0, 0.1) is 20.8 Å². The van der Waals surface area contributed by atoms with E-state index >= 15 is 0 Å². The summed E-state index contributed by atoms with van der Waals surface area (Å²) in [4.78, 5) is 12.1. The molecule has 1 aliphatic rings. The van der Waals surface area contributed by atoms with Crippen molar-refractivity contribution in [2.45, 2.75) is 20.8 Å². The van der Waals surface area contributed by atoms with Crippen LogP contribution in [-0.2, 0) is 4.79 Å². The SMILES string of the molecule is Cc1cc(C)c(/C=C2/C(=O)Nc3ccccc32)c(C)c1. The summed E-state index contributed by atoms with van der Waals surface area (Å²) in [6, 6.07) is 12.1. The Hall–Kier alpha value is -2.35. The lowest BCUT2D eigenvalue weighted by Crippen LogP contribution is -2.04. The first-order valence-corrected chi connectivity index (χ1v) is 6.76. The Morgan fingerprint density at radius 1 is 1.00 bits per heavy atom. The van der Waals surface area contributed by atoms with Crippen LogP contribution in [0.25, 0.3) is 11.6 Å². The summed E-state index contributed by atoms with van der Waals surface area (Å²) in [5.74, 6) is -0.0226. The zero-order chi connectivity index (χ0) is 14.3. The van der Waals surface area contributed by atoms with Gasteiger partial charge in [-0.3, -0.25) is 4.79 Å². The van der Waals surface area contributed by atoms with Gasteiger partial charge in [-0.05, 0) is 49.6 Å². The summed E-state index contributed by atoms with van der Waals surface area (Å²) in [6.07, 6.45) is 2.01. The lowest BCUT2D eigenvalue weighted by atomic mass is 9.96. The molecule has 2 aromatic rings. The molecule has 0 aromatic heterocycles. The monoisotopic (exact) mass is 263 g/mol. The highest BCUT2D eigenvalue weighted by molar-refractivity contribution is 6.35. The van der Waals surface area contributed by atoms with Crippen LogP contribution in [-0.4, -0.2) is 5.91 Å². The highest BCUT2D eigenvalue weighted by Crippen LogP contribution is 2.33. The summed E-state index contributed by atoms with van der Waals surface area (Å²) in [7, 11) is 0. The van der Waals surface area contributed by atoms with E-state index in [2.05, 4.69) is 38.2 Å². The van der Waals surface area contributed by atoms with Crippen molar-refractivity contribution in [3.8, 4) is 0 Å². The number of hydrogen-bond donors (Lipinski definition) is 1. The molecule has 0 radical (unpaired) electrons. The maximum atomic E-state index is 12.1.